The van der Waals surface area contributed by atoms with Crippen molar-refractivity contribution in [2.45, 2.75) is 31.8 Å². The molecule has 3 nitrogen and oxygen atoms in total. The highest BCUT2D eigenvalue weighted by Crippen LogP contribution is 2.20. The molecule has 2 N–H and O–H groups in total. The van der Waals surface area contributed by atoms with E-state index in [9.17, 15) is 4.79 Å². The Bertz CT molecular complexity index is 184. The third-order valence-electron chi connectivity index (χ3n) is 1.91. The summed E-state index contributed by atoms with van der Waals surface area (Å²) in [6.45, 7) is 0. The summed E-state index contributed by atoms with van der Waals surface area (Å²) in [6.07, 6.45) is 4.30. The minimum Gasteiger partial charge on any atom is -0.479 e. The molecule has 0 fully saturated rings. The van der Waals surface area contributed by atoms with E-state index < -0.39 is 12.1 Å². The topological polar surface area (TPSA) is 57.5 Å². The van der Waals surface area contributed by atoms with E-state index in [0.29, 0.717) is 5.57 Å². The van der Waals surface area contributed by atoms with Gasteiger partial charge in [0.2, 0.25) is 0 Å². The largest absolute Gasteiger partial charge is 0.479 e. The molecule has 1 rings (SSSR count). The molecule has 0 spiro atoms. The highest BCUT2D eigenvalue weighted by atomic mass is 16.4. The fraction of sp³-hybridized carbons (Fsp3) is 0.625. The average Bonchev–Trinajstić information content (AvgIpc) is 2.05. The SMILES string of the molecule is O=C(O)[C@@H](O)C1=CCCCC1. The first kappa shape index (κ1) is 8.27. The van der Waals surface area contributed by atoms with Crippen molar-refractivity contribution in [3.05, 3.63) is 11.6 Å². The molecule has 0 saturated heterocycles. The van der Waals surface area contributed by atoms with Gasteiger partial charge in [0.15, 0.2) is 6.10 Å². The average molecular weight is 156 g/mol. The lowest BCUT2D eigenvalue weighted by Crippen LogP contribution is -2.22. The van der Waals surface area contributed by atoms with Crippen molar-refractivity contribution in [2.24, 2.45) is 0 Å². The van der Waals surface area contributed by atoms with Gasteiger partial charge in [0.1, 0.15) is 0 Å². The van der Waals surface area contributed by atoms with Gasteiger partial charge in [0.05, 0.1) is 0 Å². The van der Waals surface area contributed by atoms with E-state index >= 15 is 0 Å². The molecular formula is C8H12O3. The maximum absolute atomic E-state index is 10.3. The summed E-state index contributed by atoms with van der Waals surface area (Å²) in [5.41, 5.74) is 0.670. The van der Waals surface area contributed by atoms with E-state index in [0.717, 1.165) is 25.7 Å². The Kier molecular flexibility index (Phi) is 2.65. The number of rotatable bonds is 2. The van der Waals surface area contributed by atoms with Crippen LogP contribution < -0.4 is 0 Å². The fourth-order valence-electron chi connectivity index (χ4n) is 1.27. The molecule has 0 aromatic heterocycles. The lowest BCUT2D eigenvalue weighted by Gasteiger charge is -2.14. The molecule has 0 amide bonds. The number of allylic oxidation sites excluding steroid dienone is 1. The second-order valence-corrected chi connectivity index (χ2v) is 2.77. The van der Waals surface area contributed by atoms with Gasteiger partial charge in [0, 0.05) is 0 Å². The number of hydrogen-bond donors (Lipinski definition) is 2. The summed E-state index contributed by atoms with van der Waals surface area (Å²) >= 11 is 0. The van der Waals surface area contributed by atoms with Crippen molar-refractivity contribution < 1.29 is 15.0 Å². The first-order valence-electron chi connectivity index (χ1n) is 3.81. The summed E-state index contributed by atoms with van der Waals surface area (Å²) < 4.78 is 0. The predicted octanol–water partition coefficient (Wildman–Crippen LogP) is 0.932. The van der Waals surface area contributed by atoms with Crippen LogP contribution in [-0.4, -0.2) is 22.3 Å². The van der Waals surface area contributed by atoms with Gasteiger partial charge in [-0.1, -0.05) is 6.08 Å². The molecule has 0 aromatic rings. The maximum Gasteiger partial charge on any atom is 0.336 e. The van der Waals surface area contributed by atoms with E-state index in [-0.39, 0.29) is 0 Å². The normalized spacial score (nSPS) is 20.6. The number of hydrogen-bond acceptors (Lipinski definition) is 2. The third kappa shape index (κ3) is 2.05. The zero-order chi connectivity index (χ0) is 8.27. The molecule has 1 aliphatic rings. The second-order valence-electron chi connectivity index (χ2n) is 2.77. The van der Waals surface area contributed by atoms with Gasteiger partial charge in [-0.25, -0.2) is 4.79 Å². The number of aliphatic hydroxyl groups is 1. The van der Waals surface area contributed by atoms with Crippen molar-refractivity contribution in [2.75, 3.05) is 0 Å². The van der Waals surface area contributed by atoms with E-state index in [1.54, 1.807) is 0 Å². The minimum absolute atomic E-state index is 0.670. The van der Waals surface area contributed by atoms with Crippen LogP contribution in [-0.2, 0) is 4.79 Å². The van der Waals surface area contributed by atoms with Crippen molar-refractivity contribution in [3.63, 3.8) is 0 Å². The van der Waals surface area contributed by atoms with Gasteiger partial charge in [-0.2, -0.15) is 0 Å². The Hall–Kier alpha value is -0.830. The van der Waals surface area contributed by atoms with Gasteiger partial charge >= 0.3 is 5.97 Å². The van der Waals surface area contributed by atoms with Gasteiger partial charge in [-0.3, -0.25) is 0 Å². The van der Waals surface area contributed by atoms with Crippen LogP contribution in [0.5, 0.6) is 0 Å². The first-order chi connectivity index (χ1) is 5.22. The molecule has 11 heavy (non-hydrogen) atoms. The van der Waals surface area contributed by atoms with Crippen LogP contribution in [0.3, 0.4) is 0 Å². The summed E-state index contributed by atoms with van der Waals surface area (Å²) in [5.74, 6) is -1.14. The summed E-state index contributed by atoms with van der Waals surface area (Å²) in [5, 5.41) is 17.5. The third-order valence-corrected chi connectivity index (χ3v) is 1.91. The van der Waals surface area contributed by atoms with E-state index in [2.05, 4.69) is 0 Å². The molecule has 0 aromatic carbocycles. The molecule has 62 valence electrons. The van der Waals surface area contributed by atoms with Crippen molar-refractivity contribution in [1.82, 2.24) is 0 Å². The van der Waals surface area contributed by atoms with Crippen LogP contribution in [0.15, 0.2) is 11.6 Å². The van der Waals surface area contributed by atoms with Crippen LogP contribution in [0.4, 0.5) is 0 Å². The number of aliphatic carboxylic acids is 1. The van der Waals surface area contributed by atoms with Gasteiger partial charge in [-0.15, -0.1) is 0 Å². The maximum atomic E-state index is 10.3. The molecule has 1 atom stereocenters. The Morgan fingerprint density at radius 3 is 2.73 bits per heavy atom. The van der Waals surface area contributed by atoms with Crippen molar-refractivity contribution >= 4 is 5.97 Å². The van der Waals surface area contributed by atoms with E-state index in [4.69, 9.17) is 10.2 Å². The molecular weight excluding hydrogens is 144 g/mol. The van der Waals surface area contributed by atoms with E-state index in [1.807, 2.05) is 6.08 Å². The smallest absolute Gasteiger partial charge is 0.336 e. The van der Waals surface area contributed by atoms with Crippen LogP contribution in [0, 0.1) is 0 Å². The zero-order valence-electron chi connectivity index (χ0n) is 6.29. The zero-order valence-corrected chi connectivity index (χ0v) is 6.29. The van der Waals surface area contributed by atoms with Crippen LogP contribution >= 0.6 is 0 Å². The molecule has 1 aliphatic carbocycles. The standard InChI is InChI=1S/C8H12O3/c9-7(8(10)11)6-4-2-1-3-5-6/h4,7,9H,1-3,5H2,(H,10,11)/t7-/m0/s1. The molecule has 0 bridgehead atoms. The molecule has 3 heteroatoms. The Labute approximate surface area is 65.3 Å². The lowest BCUT2D eigenvalue weighted by atomic mass is 9.95. The number of carboxylic acids is 1. The predicted molar refractivity (Wildman–Crippen MR) is 40.2 cm³/mol. The van der Waals surface area contributed by atoms with Crippen LogP contribution in [0.2, 0.25) is 0 Å². The van der Waals surface area contributed by atoms with Crippen LogP contribution in [0.25, 0.3) is 0 Å². The Morgan fingerprint density at radius 2 is 2.27 bits per heavy atom. The second kappa shape index (κ2) is 3.53. The van der Waals surface area contributed by atoms with Crippen molar-refractivity contribution in [1.29, 1.82) is 0 Å². The molecule has 0 heterocycles. The van der Waals surface area contributed by atoms with Gasteiger partial charge < -0.3 is 10.2 Å². The minimum atomic E-state index is -1.27. The summed E-state index contributed by atoms with van der Waals surface area (Å²) in [6, 6.07) is 0. The van der Waals surface area contributed by atoms with Crippen molar-refractivity contribution in [3.8, 4) is 0 Å². The molecule has 0 saturated carbocycles. The van der Waals surface area contributed by atoms with Gasteiger partial charge in [-0.05, 0) is 31.3 Å². The quantitative estimate of drug-likeness (QED) is 0.585. The number of carbonyl (C=O) groups is 1. The van der Waals surface area contributed by atoms with E-state index in [1.165, 1.54) is 0 Å². The first-order valence-corrected chi connectivity index (χ1v) is 3.81. The highest BCUT2D eigenvalue weighted by molar-refractivity contribution is 5.75. The molecule has 0 radical (unpaired) electrons. The summed E-state index contributed by atoms with van der Waals surface area (Å²) in [4.78, 5) is 10.3. The monoisotopic (exact) mass is 156 g/mol. The Balaban J connectivity index is 2.58. The number of aliphatic hydroxyl groups excluding tert-OH is 1. The highest BCUT2D eigenvalue weighted by Gasteiger charge is 2.19. The number of carboxylic acid groups (broad SMARTS) is 1. The summed E-state index contributed by atoms with van der Waals surface area (Å²) in [7, 11) is 0. The molecule has 0 aliphatic heterocycles. The lowest BCUT2D eigenvalue weighted by molar-refractivity contribution is -0.144. The van der Waals surface area contributed by atoms with Crippen LogP contribution in [0.1, 0.15) is 25.7 Å². The van der Waals surface area contributed by atoms with Gasteiger partial charge in [0.25, 0.3) is 0 Å². The fourth-order valence-corrected chi connectivity index (χ4v) is 1.27. The molecule has 0 unspecified atom stereocenters. The Morgan fingerprint density at radius 1 is 1.55 bits per heavy atom.